The second-order valence-corrected chi connectivity index (χ2v) is 6.50. The van der Waals surface area contributed by atoms with Crippen LogP contribution in [0, 0.1) is 0 Å². The summed E-state index contributed by atoms with van der Waals surface area (Å²) in [7, 11) is 0. The quantitative estimate of drug-likeness (QED) is 0.811. The topological polar surface area (TPSA) is 51.7 Å². The first-order valence-electron chi connectivity index (χ1n) is 8.71. The van der Waals surface area contributed by atoms with Crippen LogP contribution in [0.1, 0.15) is 36.5 Å². The van der Waals surface area contributed by atoms with Gasteiger partial charge in [-0.25, -0.2) is 4.79 Å². The lowest BCUT2D eigenvalue weighted by atomic mass is 9.98. The molecular weight excluding hydrogens is 304 g/mol. The zero-order valence-electron chi connectivity index (χ0n) is 13.9. The smallest absolute Gasteiger partial charge is 0.338 e. The van der Waals surface area contributed by atoms with E-state index in [1.165, 1.54) is 6.42 Å². The van der Waals surface area contributed by atoms with Crippen LogP contribution < -0.4 is 4.90 Å². The van der Waals surface area contributed by atoms with Crippen molar-refractivity contribution in [3.05, 3.63) is 36.0 Å². The Kier molecular flexibility index (Phi) is 4.10. The van der Waals surface area contributed by atoms with Gasteiger partial charge >= 0.3 is 5.97 Å². The Balaban J connectivity index is 1.69. The third kappa shape index (κ3) is 2.84. The summed E-state index contributed by atoms with van der Waals surface area (Å²) in [5.41, 5.74) is 2.52. The van der Waals surface area contributed by atoms with Crippen molar-refractivity contribution in [3.63, 3.8) is 0 Å². The summed E-state index contributed by atoms with van der Waals surface area (Å²) in [5, 5.41) is 0.852. The lowest BCUT2D eigenvalue weighted by Crippen LogP contribution is -2.50. The van der Waals surface area contributed by atoms with Gasteiger partial charge in [0.15, 0.2) is 0 Å². The molecule has 1 aromatic heterocycles. The van der Waals surface area contributed by atoms with Crippen LogP contribution in [0.25, 0.3) is 10.9 Å². The highest BCUT2D eigenvalue weighted by Crippen LogP contribution is 2.30. The Bertz CT molecular complexity index is 749. The third-order valence-corrected chi connectivity index (χ3v) is 4.87. The normalized spacial score (nSPS) is 23.3. The van der Waals surface area contributed by atoms with Gasteiger partial charge in [0.25, 0.3) is 0 Å². The molecule has 0 spiro atoms. The van der Waals surface area contributed by atoms with E-state index >= 15 is 0 Å². The van der Waals surface area contributed by atoms with Crippen LogP contribution in [-0.2, 0) is 9.47 Å². The van der Waals surface area contributed by atoms with Crippen molar-refractivity contribution < 1.29 is 14.3 Å². The number of benzene rings is 1. The van der Waals surface area contributed by atoms with Crippen LogP contribution in [0.5, 0.6) is 0 Å². The molecular formula is C19H22N2O3. The number of aromatic nitrogens is 1. The van der Waals surface area contributed by atoms with Crippen molar-refractivity contribution in [2.24, 2.45) is 0 Å². The Labute approximate surface area is 141 Å². The molecule has 5 heteroatoms. The number of hydrogen-bond acceptors (Lipinski definition) is 5. The van der Waals surface area contributed by atoms with Gasteiger partial charge in [0.05, 0.1) is 29.9 Å². The molecule has 24 heavy (non-hydrogen) atoms. The Morgan fingerprint density at radius 2 is 2.08 bits per heavy atom. The van der Waals surface area contributed by atoms with E-state index < -0.39 is 0 Å². The van der Waals surface area contributed by atoms with E-state index in [4.69, 9.17) is 9.47 Å². The van der Waals surface area contributed by atoms with E-state index in [0.717, 1.165) is 42.5 Å². The molecule has 4 rings (SSSR count). The molecule has 2 aliphatic rings. The largest absolute Gasteiger partial charge is 0.462 e. The Morgan fingerprint density at radius 3 is 2.83 bits per heavy atom. The van der Waals surface area contributed by atoms with Gasteiger partial charge in [-0.05, 0) is 50.5 Å². The first kappa shape index (κ1) is 15.4. The van der Waals surface area contributed by atoms with Crippen molar-refractivity contribution in [2.75, 3.05) is 24.6 Å². The van der Waals surface area contributed by atoms with Crippen molar-refractivity contribution >= 4 is 22.6 Å². The Morgan fingerprint density at radius 1 is 1.29 bits per heavy atom. The molecule has 2 atom stereocenters. The number of morpholine rings is 1. The number of anilines is 1. The molecule has 2 aromatic rings. The molecule has 126 valence electrons. The molecule has 1 aromatic carbocycles. The molecule has 0 aliphatic carbocycles. The van der Waals surface area contributed by atoms with Crippen LogP contribution in [0.4, 0.5) is 5.69 Å². The molecule has 2 aliphatic heterocycles. The maximum Gasteiger partial charge on any atom is 0.338 e. The minimum Gasteiger partial charge on any atom is -0.462 e. The number of carbonyl (C=O) groups is 1. The van der Waals surface area contributed by atoms with Gasteiger partial charge in [-0.2, -0.15) is 0 Å². The van der Waals surface area contributed by atoms with Gasteiger partial charge in [-0.3, -0.25) is 4.98 Å². The van der Waals surface area contributed by atoms with Gasteiger partial charge in [-0.1, -0.05) is 0 Å². The average molecular weight is 326 g/mol. The number of ether oxygens (including phenoxy) is 2. The van der Waals surface area contributed by atoms with Crippen LogP contribution in [-0.4, -0.2) is 42.9 Å². The molecule has 0 saturated carbocycles. The van der Waals surface area contributed by atoms with Gasteiger partial charge in [0.1, 0.15) is 0 Å². The molecule has 0 amide bonds. The van der Waals surface area contributed by atoms with Crippen LogP contribution in [0.3, 0.4) is 0 Å². The predicted molar refractivity (Wildman–Crippen MR) is 92.4 cm³/mol. The lowest BCUT2D eigenvalue weighted by molar-refractivity contribution is -0.0605. The minimum absolute atomic E-state index is 0.291. The number of pyridine rings is 1. The van der Waals surface area contributed by atoms with E-state index in [1.54, 1.807) is 12.3 Å². The minimum atomic E-state index is -0.291. The molecule has 2 fully saturated rings. The monoisotopic (exact) mass is 326 g/mol. The predicted octanol–water partition coefficient (Wildman–Crippen LogP) is 3.17. The molecule has 2 saturated heterocycles. The number of hydrogen-bond donors (Lipinski definition) is 0. The summed E-state index contributed by atoms with van der Waals surface area (Å²) in [4.78, 5) is 19.0. The highest BCUT2D eigenvalue weighted by Gasteiger charge is 2.31. The summed E-state index contributed by atoms with van der Waals surface area (Å²) >= 11 is 0. The van der Waals surface area contributed by atoms with Crippen molar-refractivity contribution in [2.45, 2.75) is 38.4 Å². The SMILES string of the molecule is CCOC(=O)c1ccnc2ccc(N3CC4CCCC(C3)O4)cc12. The molecule has 0 radical (unpaired) electrons. The van der Waals surface area contributed by atoms with Gasteiger partial charge < -0.3 is 14.4 Å². The third-order valence-electron chi connectivity index (χ3n) is 4.87. The molecule has 3 heterocycles. The Hall–Kier alpha value is -2.14. The van der Waals surface area contributed by atoms with E-state index in [1.807, 2.05) is 13.0 Å². The summed E-state index contributed by atoms with van der Waals surface area (Å²) in [6, 6.07) is 7.87. The van der Waals surface area contributed by atoms with Crippen LogP contribution in [0.2, 0.25) is 0 Å². The fraction of sp³-hybridized carbons (Fsp3) is 0.474. The zero-order valence-corrected chi connectivity index (χ0v) is 13.9. The van der Waals surface area contributed by atoms with E-state index in [9.17, 15) is 4.79 Å². The second kappa shape index (κ2) is 6.40. The standard InChI is InChI=1S/C19H22N2O3/c1-2-23-19(22)16-8-9-20-18-7-6-13(10-17(16)18)21-11-14-4-3-5-15(12-21)24-14/h6-10,14-15H,2-5,11-12H2,1H3. The molecule has 0 N–H and O–H groups in total. The number of rotatable bonds is 3. The molecule has 2 bridgehead atoms. The highest BCUT2D eigenvalue weighted by atomic mass is 16.5. The summed E-state index contributed by atoms with van der Waals surface area (Å²) < 4.78 is 11.2. The highest BCUT2D eigenvalue weighted by molar-refractivity contribution is 6.04. The van der Waals surface area contributed by atoms with E-state index in [2.05, 4.69) is 22.0 Å². The fourth-order valence-electron chi connectivity index (χ4n) is 3.74. The number of fused-ring (bicyclic) bond motifs is 3. The summed E-state index contributed by atoms with van der Waals surface area (Å²) in [6.07, 6.45) is 5.84. The van der Waals surface area contributed by atoms with Crippen LogP contribution in [0.15, 0.2) is 30.5 Å². The molecule has 5 nitrogen and oxygen atoms in total. The average Bonchev–Trinajstić information content (AvgIpc) is 2.60. The first-order valence-corrected chi connectivity index (χ1v) is 8.71. The van der Waals surface area contributed by atoms with Crippen molar-refractivity contribution in [3.8, 4) is 0 Å². The lowest BCUT2D eigenvalue weighted by Gasteiger charge is -2.42. The van der Waals surface area contributed by atoms with Gasteiger partial charge in [-0.15, -0.1) is 0 Å². The fourth-order valence-corrected chi connectivity index (χ4v) is 3.74. The maximum absolute atomic E-state index is 12.2. The van der Waals surface area contributed by atoms with Crippen molar-refractivity contribution in [1.29, 1.82) is 0 Å². The zero-order chi connectivity index (χ0) is 16.5. The van der Waals surface area contributed by atoms with E-state index in [-0.39, 0.29) is 5.97 Å². The number of esters is 1. The molecule has 2 unspecified atom stereocenters. The summed E-state index contributed by atoms with van der Waals surface area (Å²) in [6.45, 7) is 4.02. The number of nitrogens with zero attached hydrogens (tertiary/aromatic N) is 2. The van der Waals surface area contributed by atoms with Gasteiger partial charge in [0.2, 0.25) is 0 Å². The van der Waals surface area contributed by atoms with Gasteiger partial charge in [0, 0.05) is 30.4 Å². The van der Waals surface area contributed by atoms with Crippen LogP contribution >= 0.6 is 0 Å². The number of carbonyl (C=O) groups excluding carboxylic acids is 1. The first-order chi connectivity index (χ1) is 11.7. The summed E-state index contributed by atoms with van der Waals surface area (Å²) in [5.74, 6) is -0.291. The second-order valence-electron chi connectivity index (χ2n) is 6.50. The van der Waals surface area contributed by atoms with Crippen molar-refractivity contribution in [1.82, 2.24) is 4.98 Å². The van der Waals surface area contributed by atoms with E-state index in [0.29, 0.717) is 24.4 Å². The maximum atomic E-state index is 12.2.